The van der Waals surface area contributed by atoms with Crippen LogP contribution in [0, 0.1) is 5.92 Å². The summed E-state index contributed by atoms with van der Waals surface area (Å²) in [6.45, 7) is 2.89. The number of carbonyl (C=O) groups excluding carboxylic acids is 1. The van der Waals surface area contributed by atoms with Crippen LogP contribution < -0.4 is 10.6 Å². The molecule has 0 aliphatic carbocycles. The monoisotopic (exact) mass is 296 g/mol. The Balaban J connectivity index is 2.14. The highest BCUT2D eigenvalue weighted by atomic mass is 35.5. The maximum atomic E-state index is 12.2. The summed E-state index contributed by atoms with van der Waals surface area (Å²) in [7, 11) is 0. The number of amides is 1. The predicted molar refractivity (Wildman–Crippen MR) is 77.2 cm³/mol. The van der Waals surface area contributed by atoms with Gasteiger partial charge < -0.3 is 15.7 Å². The molecule has 1 fully saturated rings. The van der Waals surface area contributed by atoms with E-state index in [1.165, 1.54) is 18.2 Å². The van der Waals surface area contributed by atoms with Gasteiger partial charge >= 0.3 is 5.97 Å². The zero-order chi connectivity index (χ0) is 14.7. The smallest absolute Gasteiger partial charge is 0.337 e. The van der Waals surface area contributed by atoms with Crippen molar-refractivity contribution in [1.29, 1.82) is 0 Å². The van der Waals surface area contributed by atoms with E-state index in [9.17, 15) is 9.59 Å². The van der Waals surface area contributed by atoms with Crippen LogP contribution in [0.4, 0.5) is 5.69 Å². The van der Waals surface area contributed by atoms with Gasteiger partial charge in [-0.2, -0.15) is 0 Å². The number of halogens is 1. The van der Waals surface area contributed by atoms with Gasteiger partial charge in [0.15, 0.2) is 0 Å². The van der Waals surface area contributed by atoms with E-state index in [2.05, 4.69) is 17.6 Å². The predicted octanol–water partition coefficient (Wildman–Crippen LogP) is 2.36. The maximum absolute atomic E-state index is 12.2. The molecule has 5 nitrogen and oxygen atoms in total. The Morgan fingerprint density at radius 3 is 2.85 bits per heavy atom. The van der Waals surface area contributed by atoms with E-state index < -0.39 is 5.97 Å². The van der Waals surface area contributed by atoms with Crippen LogP contribution in [-0.4, -0.2) is 29.6 Å². The molecule has 1 saturated heterocycles. The molecule has 1 aromatic rings. The van der Waals surface area contributed by atoms with Gasteiger partial charge in [0.2, 0.25) is 5.91 Å². The van der Waals surface area contributed by atoms with Crippen LogP contribution in [0.2, 0.25) is 5.02 Å². The SMILES string of the molecule is CC1CCNC(C(=O)Nc2cc(Cl)ccc2C(=O)O)C1. The lowest BCUT2D eigenvalue weighted by Crippen LogP contribution is -2.45. The first-order chi connectivity index (χ1) is 9.47. The maximum Gasteiger partial charge on any atom is 0.337 e. The largest absolute Gasteiger partial charge is 0.478 e. The number of piperidine rings is 1. The first-order valence-electron chi connectivity index (χ1n) is 6.54. The van der Waals surface area contributed by atoms with E-state index in [1.54, 1.807) is 0 Å². The third-order valence-electron chi connectivity index (χ3n) is 3.45. The van der Waals surface area contributed by atoms with E-state index in [1.807, 2.05) is 0 Å². The van der Waals surface area contributed by atoms with E-state index in [4.69, 9.17) is 16.7 Å². The van der Waals surface area contributed by atoms with Crippen LogP contribution in [0.3, 0.4) is 0 Å². The summed E-state index contributed by atoms with van der Waals surface area (Å²) >= 11 is 5.85. The average Bonchev–Trinajstić information content (AvgIpc) is 2.38. The molecule has 2 atom stereocenters. The summed E-state index contributed by atoms with van der Waals surface area (Å²) in [5.41, 5.74) is 0.265. The van der Waals surface area contributed by atoms with Crippen LogP contribution in [0.5, 0.6) is 0 Å². The quantitative estimate of drug-likeness (QED) is 0.800. The lowest BCUT2D eigenvalue weighted by atomic mass is 9.94. The molecule has 0 spiro atoms. The number of nitrogens with one attached hydrogen (secondary N) is 2. The number of hydrogen-bond acceptors (Lipinski definition) is 3. The first kappa shape index (κ1) is 14.8. The van der Waals surface area contributed by atoms with Crippen LogP contribution >= 0.6 is 11.6 Å². The highest BCUT2D eigenvalue weighted by molar-refractivity contribution is 6.31. The normalized spacial score (nSPS) is 22.3. The summed E-state index contributed by atoms with van der Waals surface area (Å²) < 4.78 is 0. The van der Waals surface area contributed by atoms with Crippen molar-refractivity contribution in [1.82, 2.24) is 5.32 Å². The summed E-state index contributed by atoms with van der Waals surface area (Å²) in [4.78, 5) is 23.3. The van der Waals surface area contributed by atoms with Crippen molar-refractivity contribution in [2.24, 2.45) is 5.92 Å². The molecule has 2 unspecified atom stereocenters. The third-order valence-corrected chi connectivity index (χ3v) is 3.69. The highest BCUT2D eigenvalue weighted by Crippen LogP contribution is 2.22. The van der Waals surface area contributed by atoms with Gasteiger partial charge in [-0.15, -0.1) is 0 Å². The average molecular weight is 297 g/mol. The second-order valence-corrected chi connectivity index (χ2v) is 5.56. The Morgan fingerprint density at radius 1 is 1.45 bits per heavy atom. The van der Waals surface area contributed by atoms with Crippen LogP contribution in [0.1, 0.15) is 30.1 Å². The Labute approximate surface area is 122 Å². The van der Waals surface area contributed by atoms with Gasteiger partial charge in [-0.25, -0.2) is 4.79 Å². The van der Waals surface area contributed by atoms with Crippen molar-refractivity contribution in [2.75, 3.05) is 11.9 Å². The van der Waals surface area contributed by atoms with Crippen molar-refractivity contribution in [2.45, 2.75) is 25.8 Å². The van der Waals surface area contributed by atoms with Crippen molar-refractivity contribution in [3.63, 3.8) is 0 Å². The summed E-state index contributed by atoms with van der Waals surface area (Å²) in [6, 6.07) is 4.04. The number of carbonyl (C=O) groups is 2. The third kappa shape index (κ3) is 3.49. The lowest BCUT2D eigenvalue weighted by molar-refractivity contribution is -0.119. The van der Waals surface area contributed by atoms with Crippen LogP contribution in [0.25, 0.3) is 0 Å². The molecule has 1 aromatic carbocycles. The molecule has 1 aliphatic heterocycles. The molecule has 3 N–H and O–H groups in total. The van der Waals surface area contributed by atoms with Gasteiger partial charge in [-0.05, 0) is 43.5 Å². The zero-order valence-corrected chi connectivity index (χ0v) is 11.9. The van der Waals surface area contributed by atoms with E-state index in [0.29, 0.717) is 10.9 Å². The van der Waals surface area contributed by atoms with E-state index in [-0.39, 0.29) is 23.2 Å². The molecule has 108 valence electrons. The standard InChI is InChI=1S/C14H17ClN2O3/c1-8-4-5-16-12(6-8)13(18)17-11-7-9(15)2-3-10(11)14(19)20/h2-3,7-8,12,16H,4-6H2,1H3,(H,17,18)(H,19,20). The Hall–Kier alpha value is -1.59. The lowest BCUT2D eigenvalue weighted by Gasteiger charge is -2.27. The number of hydrogen-bond donors (Lipinski definition) is 3. The highest BCUT2D eigenvalue weighted by Gasteiger charge is 2.25. The number of anilines is 1. The fraction of sp³-hybridized carbons (Fsp3) is 0.429. The Kier molecular flexibility index (Phi) is 4.62. The molecule has 0 bridgehead atoms. The topological polar surface area (TPSA) is 78.4 Å². The molecule has 1 aliphatic rings. The summed E-state index contributed by atoms with van der Waals surface area (Å²) in [5, 5.41) is 15.3. The van der Waals surface area contributed by atoms with Crippen molar-refractivity contribution in [3.05, 3.63) is 28.8 Å². The second kappa shape index (κ2) is 6.24. The fourth-order valence-electron chi connectivity index (χ4n) is 2.33. The van der Waals surface area contributed by atoms with Crippen LogP contribution in [0.15, 0.2) is 18.2 Å². The van der Waals surface area contributed by atoms with Crippen LogP contribution in [-0.2, 0) is 4.79 Å². The number of carboxylic acids is 1. The number of benzene rings is 1. The molecule has 6 heteroatoms. The molecule has 20 heavy (non-hydrogen) atoms. The molecule has 1 heterocycles. The van der Waals surface area contributed by atoms with Gasteiger partial charge in [0, 0.05) is 5.02 Å². The molecular weight excluding hydrogens is 280 g/mol. The first-order valence-corrected chi connectivity index (χ1v) is 6.92. The fourth-order valence-corrected chi connectivity index (χ4v) is 2.51. The number of aromatic carboxylic acids is 1. The minimum atomic E-state index is -1.10. The van der Waals surface area contributed by atoms with Gasteiger partial charge in [0.05, 0.1) is 17.3 Å². The number of rotatable bonds is 3. The molecule has 0 aromatic heterocycles. The van der Waals surface area contributed by atoms with Gasteiger partial charge in [0.25, 0.3) is 0 Å². The molecule has 2 rings (SSSR count). The summed E-state index contributed by atoms with van der Waals surface area (Å²) in [5.74, 6) is -0.839. The van der Waals surface area contributed by atoms with Gasteiger partial charge in [-0.1, -0.05) is 18.5 Å². The van der Waals surface area contributed by atoms with Gasteiger partial charge in [-0.3, -0.25) is 4.79 Å². The van der Waals surface area contributed by atoms with E-state index >= 15 is 0 Å². The molecule has 0 radical (unpaired) electrons. The second-order valence-electron chi connectivity index (χ2n) is 5.12. The number of carboxylic acid groups (broad SMARTS) is 1. The Bertz CT molecular complexity index is 533. The summed E-state index contributed by atoms with van der Waals surface area (Å²) in [6.07, 6.45) is 1.79. The van der Waals surface area contributed by atoms with Crippen molar-refractivity contribution < 1.29 is 14.7 Å². The Morgan fingerprint density at radius 2 is 2.20 bits per heavy atom. The van der Waals surface area contributed by atoms with E-state index in [0.717, 1.165) is 19.4 Å². The van der Waals surface area contributed by atoms with Gasteiger partial charge in [0.1, 0.15) is 0 Å². The zero-order valence-electron chi connectivity index (χ0n) is 11.1. The minimum absolute atomic E-state index is 0.0339. The van der Waals surface area contributed by atoms with Crippen molar-refractivity contribution in [3.8, 4) is 0 Å². The van der Waals surface area contributed by atoms with Crippen molar-refractivity contribution >= 4 is 29.2 Å². The molecule has 0 saturated carbocycles. The molecule has 1 amide bonds. The molecular formula is C14H17ClN2O3. The minimum Gasteiger partial charge on any atom is -0.478 e.